The molecular formula is C11H15Cl2N. The van der Waals surface area contributed by atoms with Crippen LogP contribution in [0.25, 0.3) is 0 Å². The Labute approximate surface area is 95.2 Å². The van der Waals surface area contributed by atoms with Crippen LogP contribution in [0.4, 0.5) is 0 Å². The molecule has 0 heterocycles. The molecule has 1 aromatic carbocycles. The van der Waals surface area contributed by atoms with E-state index in [4.69, 9.17) is 28.9 Å². The lowest BCUT2D eigenvalue weighted by molar-refractivity contribution is 0.327. The van der Waals surface area contributed by atoms with Gasteiger partial charge in [0.15, 0.2) is 0 Å². The molecule has 0 bridgehead atoms. The maximum Gasteiger partial charge on any atom is 0.0468 e. The van der Waals surface area contributed by atoms with E-state index in [0.717, 1.165) is 5.56 Å². The predicted molar refractivity (Wildman–Crippen MR) is 62.8 cm³/mol. The Morgan fingerprint density at radius 3 is 2.21 bits per heavy atom. The number of benzene rings is 1. The number of rotatable bonds is 1. The van der Waals surface area contributed by atoms with Crippen molar-refractivity contribution in [3.63, 3.8) is 0 Å². The van der Waals surface area contributed by atoms with E-state index in [1.807, 2.05) is 12.1 Å². The Morgan fingerprint density at radius 2 is 1.79 bits per heavy atom. The van der Waals surface area contributed by atoms with E-state index in [1.54, 1.807) is 6.07 Å². The Kier molecular flexibility index (Phi) is 3.46. The van der Waals surface area contributed by atoms with E-state index in [0.29, 0.717) is 10.0 Å². The summed E-state index contributed by atoms with van der Waals surface area (Å²) in [6.45, 7) is 6.26. The molecule has 1 rings (SSSR count). The highest BCUT2D eigenvalue weighted by molar-refractivity contribution is 6.35. The minimum Gasteiger partial charge on any atom is -0.323 e. The maximum absolute atomic E-state index is 6.10. The van der Waals surface area contributed by atoms with E-state index in [9.17, 15) is 0 Å². The maximum atomic E-state index is 6.10. The summed E-state index contributed by atoms with van der Waals surface area (Å²) in [6.07, 6.45) is 0. The average Bonchev–Trinajstić information content (AvgIpc) is 2.01. The lowest BCUT2D eigenvalue weighted by Gasteiger charge is -2.28. The van der Waals surface area contributed by atoms with Crippen molar-refractivity contribution in [1.82, 2.24) is 0 Å². The molecular weight excluding hydrogens is 217 g/mol. The first kappa shape index (κ1) is 11.8. The van der Waals surface area contributed by atoms with Crippen LogP contribution in [0.2, 0.25) is 10.0 Å². The van der Waals surface area contributed by atoms with Crippen molar-refractivity contribution in [2.45, 2.75) is 26.8 Å². The molecule has 0 aliphatic heterocycles. The predicted octanol–water partition coefficient (Wildman–Crippen LogP) is 4.04. The van der Waals surface area contributed by atoms with E-state index < -0.39 is 0 Å². The minimum absolute atomic E-state index is 0.00251. The van der Waals surface area contributed by atoms with Gasteiger partial charge in [-0.3, -0.25) is 0 Å². The summed E-state index contributed by atoms with van der Waals surface area (Å²) in [6, 6.07) is 5.35. The molecule has 3 heteroatoms. The quantitative estimate of drug-likeness (QED) is 0.776. The van der Waals surface area contributed by atoms with Crippen molar-refractivity contribution >= 4 is 23.2 Å². The normalized spacial score (nSPS) is 14.1. The second-order valence-electron chi connectivity index (χ2n) is 4.51. The van der Waals surface area contributed by atoms with Crippen LogP contribution < -0.4 is 5.73 Å². The fourth-order valence-electron chi connectivity index (χ4n) is 1.22. The largest absolute Gasteiger partial charge is 0.323 e. The number of hydrogen-bond acceptors (Lipinski definition) is 1. The number of nitrogens with two attached hydrogens (primary N) is 1. The van der Waals surface area contributed by atoms with Gasteiger partial charge in [0.2, 0.25) is 0 Å². The summed E-state index contributed by atoms with van der Waals surface area (Å²) in [5.74, 6) is 0. The van der Waals surface area contributed by atoms with Crippen LogP contribution in [0, 0.1) is 5.41 Å². The van der Waals surface area contributed by atoms with Gasteiger partial charge < -0.3 is 5.73 Å². The van der Waals surface area contributed by atoms with Gasteiger partial charge in [0.25, 0.3) is 0 Å². The van der Waals surface area contributed by atoms with Crippen LogP contribution in [0.5, 0.6) is 0 Å². The third-order valence-corrected chi connectivity index (χ3v) is 2.79. The van der Waals surface area contributed by atoms with Gasteiger partial charge >= 0.3 is 0 Å². The van der Waals surface area contributed by atoms with Crippen LogP contribution in [-0.2, 0) is 0 Å². The molecule has 1 aromatic rings. The highest BCUT2D eigenvalue weighted by Gasteiger charge is 2.23. The molecule has 78 valence electrons. The van der Waals surface area contributed by atoms with Gasteiger partial charge in [0.05, 0.1) is 0 Å². The fraction of sp³-hybridized carbons (Fsp3) is 0.455. The molecule has 0 fully saturated rings. The summed E-state index contributed by atoms with van der Waals surface area (Å²) in [4.78, 5) is 0. The summed E-state index contributed by atoms with van der Waals surface area (Å²) in [5, 5.41) is 1.28. The molecule has 2 N–H and O–H groups in total. The van der Waals surface area contributed by atoms with Crippen molar-refractivity contribution in [2.75, 3.05) is 0 Å². The first-order valence-corrected chi connectivity index (χ1v) is 5.28. The van der Waals surface area contributed by atoms with Crippen LogP contribution in [-0.4, -0.2) is 0 Å². The van der Waals surface area contributed by atoms with Gasteiger partial charge in [-0.15, -0.1) is 0 Å². The molecule has 1 atom stereocenters. The van der Waals surface area contributed by atoms with Gasteiger partial charge in [-0.25, -0.2) is 0 Å². The standard InChI is InChI=1S/C11H15Cl2N/c1-11(2,3)10(14)8-5-4-7(12)6-9(8)13/h4-6,10H,14H2,1-3H3/t10-/m1/s1. The van der Waals surface area contributed by atoms with Gasteiger partial charge in [0, 0.05) is 16.1 Å². The first-order chi connectivity index (χ1) is 6.32. The molecule has 0 spiro atoms. The molecule has 0 saturated heterocycles. The molecule has 0 aliphatic rings. The summed E-state index contributed by atoms with van der Waals surface area (Å²) in [5.41, 5.74) is 7.04. The summed E-state index contributed by atoms with van der Waals surface area (Å²) >= 11 is 11.9. The summed E-state index contributed by atoms with van der Waals surface area (Å²) in [7, 11) is 0. The molecule has 0 aliphatic carbocycles. The van der Waals surface area contributed by atoms with Gasteiger partial charge in [-0.05, 0) is 23.1 Å². The van der Waals surface area contributed by atoms with Crippen LogP contribution in [0.1, 0.15) is 32.4 Å². The van der Waals surface area contributed by atoms with Crippen LogP contribution in [0.15, 0.2) is 18.2 Å². The topological polar surface area (TPSA) is 26.0 Å². The molecule has 0 radical (unpaired) electrons. The molecule has 0 aromatic heterocycles. The SMILES string of the molecule is CC(C)(C)[C@H](N)c1ccc(Cl)cc1Cl. The lowest BCUT2D eigenvalue weighted by atomic mass is 9.83. The molecule has 0 amide bonds. The average molecular weight is 232 g/mol. The van der Waals surface area contributed by atoms with Crippen LogP contribution >= 0.6 is 23.2 Å². The molecule has 14 heavy (non-hydrogen) atoms. The second-order valence-corrected chi connectivity index (χ2v) is 5.35. The van der Waals surface area contributed by atoms with Crippen molar-refractivity contribution < 1.29 is 0 Å². The van der Waals surface area contributed by atoms with Gasteiger partial charge in [-0.2, -0.15) is 0 Å². The van der Waals surface area contributed by atoms with E-state index in [-0.39, 0.29) is 11.5 Å². The van der Waals surface area contributed by atoms with Crippen molar-refractivity contribution in [3.8, 4) is 0 Å². The lowest BCUT2D eigenvalue weighted by Crippen LogP contribution is -2.26. The highest BCUT2D eigenvalue weighted by Crippen LogP contribution is 2.35. The van der Waals surface area contributed by atoms with Crippen molar-refractivity contribution in [1.29, 1.82) is 0 Å². The monoisotopic (exact) mass is 231 g/mol. The van der Waals surface area contributed by atoms with Crippen LogP contribution in [0.3, 0.4) is 0 Å². The Hall–Kier alpha value is -0.240. The van der Waals surface area contributed by atoms with Crippen molar-refractivity contribution in [3.05, 3.63) is 33.8 Å². The number of halogens is 2. The van der Waals surface area contributed by atoms with E-state index in [2.05, 4.69) is 20.8 Å². The van der Waals surface area contributed by atoms with E-state index in [1.165, 1.54) is 0 Å². The zero-order valence-corrected chi connectivity index (χ0v) is 10.2. The first-order valence-electron chi connectivity index (χ1n) is 4.53. The molecule has 0 unspecified atom stereocenters. The Morgan fingerprint density at radius 1 is 1.21 bits per heavy atom. The van der Waals surface area contributed by atoms with Gasteiger partial charge in [0.1, 0.15) is 0 Å². The minimum atomic E-state index is -0.0766. The Balaban J connectivity index is 3.08. The second kappa shape index (κ2) is 4.09. The molecule has 0 saturated carbocycles. The summed E-state index contributed by atoms with van der Waals surface area (Å²) < 4.78 is 0. The Bertz CT molecular complexity index is 329. The van der Waals surface area contributed by atoms with Crippen molar-refractivity contribution in [2.24, 2.45) is 11.1 Å². The zero-order valence-electron chi connectivity index (χ0n) is 8.64. The third-order valence-electron chi connectivity index (χ3n) is 2.23. The third kappa shape index (κ3) is 2.63. The zero-order chi connectivity index (χ0) is 10.9. The smallest absolute Gasteiger partial charge is 0.0468 e. The highest BCUT2D eigenvalue weighted by atomic mass is 35.5. The fourth-order valence-corrected chi connectivity index (χ4v) is 1.75. The number of hydrogen-bond donors (Lipinski definition) is 1. The van der Waals surface area contributed by atoms with Gasteiger partial charge in [-0.1, -0.05) is 50.0 Å². The van der Waals surface area contributed by atoms with E-state index >= 15 is 0 Å². The molecule has 1 nitrogen and oxygen atoms in total.